The van der Waals surface area contributed by atoms with Crippen molar-refractivity contribution in [2.45, 2.75) is 24.9 Å². The Labute approximate surface area is 143 Å². The molecule has 0 bridgehead atoms. The third-order valence-corrected chi connectivity index (χ3v) is 5.32. The summed E-state index contributed by atoms with van der Waals surface area (Å²) in [6, 6.07) is -0.443. The third-order valence-electron chi connectivity index (χ3n) is 1.96. The van der Waals surface area contributed by atoms with Crippen LogP contribution in [-0.4, -0.2) is 66.3 Å². The molecule has 0 heterocycles. The maximum Gasteiger partial charge on any atom is 1.00 e. The Morgan fingerprint density at radius 1 is 0.900 bits per heavy atom. The molecule has 0 unspecified atom stereocenters. The molecule has 9 nitrogen and oxygen atoms in total. The van der Waals surface area contributed by atoms with Gasteiger partial charge in [-0.3, -0.25) is 4.57 Å². The van der Waals surface area contributed by atoms with Gasteiger partial charge in [0.15, 0.2) is 0 Å². The molecule has 13 heteroatoms. The van der Waals surface area contributed by atoms with E-state index in [0.717, 1.165) is 0 Å². The molecule has 0 aliphatic heterocycles. The van der Waals surface area contributed by atoms with Crippen molar-refractivity contribution in [2.75, 3.05) is 19.9 Å². The Balaban J connectivity index is -0.00000162. The molecule has 0 aromatic rings. The predicted molar refractivity (Wildman–Crippen MR) is 70.2 cm³/mol. The Morgan fingerprint density at radius 3 is 1.45 bits per heavy atom. The van der Waals surface area contributed by atoms with Crippen LogP contribution >= 0.6 is 7.60 Å². The van der Waals surface area contributed by atoms with Gasteiger partial charge in [0.2, 0.25) is 0 Å². The molecule has 6 N–H and O–H groups in total. The van der Waals surface area contributed by atoms with E-state index in [0.29, 0.717) is 0 Å². The van der Waals surface area contributed by atoms with E-state index in [1.54, 1.807) is 0 Å². The number of hydrogen-bond donors (Lipinski definition) is 6. The minimum absolute atomic E-state index is 0. The van der Waals surface area contributed by atoms with Crippen LogP contribution in [0.25, 0.3) is 0 Å². The molecular formula is C7H22NaO9PSi2. The molecule has 20 heavy (non-hydrogen) atoms. The van der Waals surface area contributed by atoms with Crippen molar-refractivity contribution in [3.05, 3.63) is 0 Å². The summed E-state index contributed by atoms with van der Waals surface area (Å²) in [5.41, 5.74) is 0. The molecule has 0 spiro atoms. The van der Waals surface area contributed by atoms with E-state index in [4.69, 9.17) is 37.8 Å². The summed E-state index contributed by atoms with van der Waals surface area (Å²) >= 11 is 0. The average molecular weight is 360 g/mol. The van der Waals surface area contributed by atoms with Crippen LogP contribution in [-0.2, 0) is 13.6 Å². The van der Waals surface area contributed by atoms with Crippen LogP contribution in [0.1, 0.15) is 14.3 Å². The second kappa shape index (κ2) is 10.2. The summed E-state index contributed by atoms with van der Waals surface area (Å²) in [7, 11) is -11.5. The largest absolute Gasteiger partial charge is 1.00 e. The van der Waals surface area contributed by atoms with Crippen molar-refractivity contribution in [3.8, 4) is 0 Å². The van der Waals surface area contributed by atoms with Crippen LogP contribution in [0.5, 0.6) is 0 Å². The maximum atomic E-state index is 11.7. The standard InChI is InChI=1S/C7H21O9PSi2.Na.H/c1-17(8,15-4-2-6-18(9,10)11)16-5-3-7-19(12,13)14;;/h9-14H,2-7H2,1H3;;/q;+1;-1. The molecule has 0 saturated carbocycles. The summed E-state index contributed by atoms with van der Waals surface area (Å²) in [4.78, 5) is 52.3. The number of rotatable bonds is 10. The van der Waals surface area contributed by atoms with Gasteiger partial charge in [0.1, 0.15) is 0 Å². The fourth-order valence-corrected chi connectivity index (χ4v) is 3.35. The molecule has 0 rings (SSSR count). The van der Waals surface area contributed by atoms with Gasteiger partial charge in [0.05, 0.1) is 13.2 Å². The Hall–Kier alpha value is 1.34. The molecule has 0 aliphatic carbocycles. The first-order chi connectivity index (χ1) is 8.41. The van der Waals surface area contributed by atoms with Crippen LogP contribution in [0, 0.1) is 0 Å². The van der Waals surface area contributed by atoms with Crippen molar-refractivity contribution in [3.63, 3.8) is 0 Å². The van der Waals surface area contributed by atoms with E-state index in [1.165, 1.54) is 6.66 Å². The van der Waals surface area contributed by atoms with E-state index in [-0.39, 0.29) is 69.1 Å². The molecule has 0 aliphatic rings. The molecule has 0 aromatic heterocycles. The molecule has 0 saturated heterocycles. The van der Waals surface area contributed by atoms with Crippen molar-refractivity contribution in [1.82, 2.24) is 0 Å². The van der Waals surface area contributed by atoms with E-state index in [9.17, 15) is 4.57 Å². The smallest absolute Gasteiger partial charge is 1.00 e. The van der Waals surface area contributed by atoms with Crippen molar-refractivity contribution >= 4 is 25.2 Å². The van der Waals surface area contributed by atoms with Gasteiger partial charge in [-0.2, -0.15) is 0 Å². The molecule has 118 valence electrons. The minimum Gasteiger partial charge on any atom is -1.00 e. The minimum atomic E-state index is -4.09. The van der Waals surface area contributed by atoms with Gasteiger partial charge >= 0.3 is 54.8 Å². The molecule has 0 amide bonds. The Kier molecular flexibility index (Phi) is 12.0. The zero-order chi connectivity index (χ0) is 15.2. The van der Waals surface area contributed by atoms with Crippen LogP contribution in [0.15, 0.2) is 0 Å². The predicted octanol–water partition coefficient (Wildman–Crippen LogP) is -4.43. The van der Waals surface area contributed by atoms with E-state index >= 15 is 0 Å². The van der Waals surface area contributed by atoms with E-state index in [1.807, 2.05) is 0 Å². The van der Waals surface area contributed by atoms with Crippen LogP contribution in [0.2, 0.25) is 12.1 Å². The fraction of sp³-hybridized carbons (Fsp3) is 1.00. The zero-order valence-electron chi connectivity index (χ0n) is 12.6. The fourth-order valence-electron chi connectivity index (χ4n) is 1.12. The quantitative estimate of drug-likeness (QED) is 0.128. The Bertz CT molecular complexity index is 285. The SMILES string of the molecule is CP(=O)(OCCC[Si](O)(O)O)OCCC[Si](O)(O)O.[H-].[Na+]. The van der Waals surface area contributed by atoms with Gasteiger partial charge < -0.3 is 39.2 Å². The summed E-state index contributed by atoms with van der Waals surface area (Å²) in [5.74, 6) is 0. The average Bonchev–Trinajstić information content (AvgIpc) is 2.17. The normalized spacial score (nSPS) is 13.2. The zero-order valence-corrected chi connectivity index (χ0v) is 16.5. The first-order valence-electron chi connectivity index (χ1n) is 5.62. The van der Waals surface area contributed by atoms with Crippen LogP contribution in [0.3, 0.4) is 0 Å². The van der Waals surface area contributed by atoms with Gasteiger partial charge in [-0.1, -0.05) is 0 Å². The molecule has 0 aromatic carbocycles. The van der Waals surface area contributed by atoms with Crippen molar-refractivity contribution < 1.29 is 73.4 Å². The topological polar surface area (TPSA) is 157 Å². The van der Waals surface area contributed by atoms with Gasteiger partial charge in [-0.25, -0.2) is 0 Å². The third kappa shape index (κ3) is 17.4. The van der Waals surface area contributed by atoms with Gasteiger partial charge in [-0.15, -0.1) is 0 Å². The Morgan fingerprint density at radius 2 is 1.20 bits per heavy atom. The van der Waals surface area contributed by atoms with Crippen molar-refractivity contribution in [2.24, 2.45) is 0 Å². The molecule has 0 fully saturated rings. The summed E-state index contributed by atoms with van der Waals surface area (Å²) in [5, 5.41) is 0. The molecule has 0 radical (unpaired) electrons. The van der Waals surface area contributed by atoms with Gasteiger partial charge in [0, 0.05) is 18.8 Å². The van der Waals surface area contributed by atoms with Gasteiger partial charge in [-0.05, 0) is 12.8 Å². The summed E-state index contributed by atoms with van der Waals surface area (Å²) < 4.78 is 21.5. The van der Waals surface area contributed by atoms with E-state index < -0.39 is 25.2 Å². The molecule has 0 atom stereocenters. The monoisotopic (exact) mass is 360 g/mol. The summed E-state index contributed by atoms with van der Waals surface area (Å²) in [6.07, 6.45) is 0.244. The van der Waals surface area contributed by atoms with Crippen molar-refractivity contribution in [1.29, 1.82) is 0 Å². The van der Waals surface area contributed by atoms with E-state index in [2.05, 4.69) is 0 Å². The first kappa shape index (κ1) is 23.6. The van der Waals surface area contributed by atoms with Crippen LogP contribution in [0.4, 0.5) is 0 Å². The second-order valence-corrected chi connectivity index (χ2v) is 10.3. The molecular weight excluding hydrogens is 338 g/mol. The van der Waals surface area contributed by atoms with Gasteiger partial charge in [0.25, 0.3) is 0 Å². The second-order valence-electron chi connectivity index (χ2n) is 4.19. The first-order valence-corrected chi connectivity index (χ1v) is 11.7. The van der Waals surface area contributed by atoms with Crippen LogP contribution < -0.4 is 29.6 Å². The maximum absolute atomic E-state index is 11.7. The number of hydrogen-bond acceptors (Lipinski definition) is 9. The summed E-state index contributed by atoms with van der Waals surface area (Å²) in [6.45, 7) is 1.09.